The molecule has 0 unspecified atom stereocenters. The molecule has 162 valence electrons. The molecule has 3 heteroatoms. The van der Waals surface area contributed by atoms with E-state index in [0.29, 0.717) is 30.5 Å². The first kappa shape index (κ1) is 21.3. The molecule has 0 heterocycles. The summed E-state index contributed by atoms with van der Waals surface area (Å²) in [4.78, 5) is 25.1. The van der Waals surface area contributed by atoms with Crippen molar-refractivity contribution in [2.45, 2.75) is 122 Å². The quantitative estimate of drug-likeness (QED) is 0.397. The van der Waals surface area contributed by atoms with Crippen LogP contribution in [0.15, 0.2) is 11.1 Å². The SMILES string of the molecule is CCCCCCCCC[C@]12CCC3=C4CCC(=O)C[C@]4(O)CC[C@H]3[C@@H]1CCC2=O. The Kier molecular flexibility index (Phi) is 6.35. The first-order chi connectivity index (χ1) is 14.0. The van der Waals surface area contributed by atoms with E-state index in [1.165, 1.54) is 56.1 Å². The summed E-state index contributed by atoms with van der Waals surface area (Å²) in [6, 6.07) is 0. The van der Waals surface area contributed by atoms with Crippen LogP contribution in [0.1, 0.15) is 116 Å². The number of fused-ring (bicyclic) bond motifs is 4. The Balaban J connectivity index is 1.45. The maximum atomic E-state index is 13.1. The van der Waals surface area contributed by atoms with E-state index in [9.17, 15) is 14.7 Å². The van der Waals surface area contributed by atoms with Crippen LogP contribution in [-0.4, -0.2) is 22.3 Å². The molecule has 0 radical (unpaired) electrons. The van der Waals surface area contributed by atoms with Crippen LogP contribution in [-0.2, 0) is 9.59 Å². The van der Waals surface area contributed by atoms with E-state index in [2.05, 4.69) is 6.92 Å². The smallest absolute Gasteiger partial charge is 0.139 e. The number of unbranched alkanes of at least 4 members (excludes halogenated alkanes) is 6. The van der Waals surface area contributed by atoms with Crippen LogP contribution < -0.4 is 0 Å². The maximum Gasteiger partial charge on any atom is 0.139 e. The van der Waals surface area contributed by atoms with Crippen molar-refractivity contribution < 1.29 is 14.7 Å². The third-order valence-electron chi connectivity index (χ3n) is 8.91. The Morgan fingerprint density at radius 3 is 2.45 bits per heavy atom. The van der Waals surface area contributed by atoms with E-state index in [4.69, 9.17) is 0 Å². The van der Waals surface area contributed by atoms with Crippen molar-refractivity contribution in [3.8, 4) is 0 Å². The lowest BCUT2D eigenvalue weighted by Gasteiger charge is -2.51. The van der Waals surface area contributed by atoms with Gasteiger partial charge in [0.2, 0.25) is 0 Å². The summed E-state index contributed by atoms with van der Waals surface area (Å²) in [6.45, 7) is 2.26. The van der Waals surface area contributed by atoms with E-state index in [1.807, 2.05) is 0 Å². The van der Waals surface area contributed by atoms with Gasteiger partial charge in [-0.2, -0.15) is 0 Å². The fourth-order valence-corrected chi connectivity index (χ4v) is 7.42. The highest BCUT2D eigenvalue weighted by atomic mass is 16.3. The van der Waals surface area contributed by atoms with Crippen LogP contribution in [0, 0.1) is 17.3 Å². The molecular formula is C26H40O3. The zero-order chi connectivity index (χ0) is 20.5. The molecule has 4 aliphatic carbocycles. The first-order valence-electron chi connectivity index (χ1n) is 12.5. The number of carbonyl (C=O) groups is 2. The molecule has 0 aromatic rings. The second-order valence-corrected chi connectivity index (χ2v) is 10.5. The van der Waals surface area contributed by atoms with Crippen molar-refractivity contribution in [3.05, 3.63) is 11.1 Å². The molecule has 0 amide bonds. The summed E-state index contributed by atoms with van der Waals surface area (Å²) in [5, 5.41) is 11.2. The monoisotopic (exact) mass is 400 g/mol. The lowest BCUT2D eigenvalue weighted by atomic mass is 9.54. The van der Waals surface area contributed by atoms with Crippen LogP contribution in [0.4, 0.5) is 0 Å². The molecule has 3 nitrogen and oxygen atoms in total. The Hall–Kier alpha value is -0.960. The van der Waals surface area contributed by atoms with Crippen molar-refractivity contribution in [2.75, 3.05) is 0 Å². The fourth-order valence-electron chi connectivity index (χ4n) is 7.42. The third kappa shape index (κ3) is 3.89. The molecule has 3 saturated carbocycles. The minimum absolute atomic E-state index is 0.0713. The van der Waals surface area contributed by atoms with E-state index >= 15 is 0 Å². The minimum atomic E-state index is -0.859. The standard InChI is InChI=1S/C26H40O3/c1-2-3-4-5-6-7-8-15-25-16-13-21-20(22(25)11-12-24(25)28)14-17-26(29)18-19(27)9-10-23(21)26/h20,22,29H,2-18H2,1H3/t20-,22+,25+,26-/m1/s1. The van der Waals surface area contributed by atoms with Crippen molar-refractivity contribution >= 4 is 11.6 Å². The molecular weight excluding hydrogens is 360 g/mol. The maximum absolute atomic E-state index is 13.1. The summed E-state index contributed by atoms with van der Waals surface area (Å²) >= 11 is 0. The van der Waals surface area contributed by atoms with Crippen molar-refractivity contribution in [1.29, 1.82) is 0 Å². The number of allylic oxidation sites excluding steroid dienone is 1. The Labute approximate surface area is 176 Å². The van der Waals surface area contributed by atoms with Crippen LogP contribution in [0.3, 0.4) is 0 Å². The normalized spacial score (nSPS) is 36.8. The molecule has 0 aromatic carbocycles. The Morgan fingerprint density at radius 2 is 1.66 bits per heavy atom. The summed E-state index contributed by atoms with van der Waals surface area (Å²) in [7, 11) is 0. The molecule has 0 aromatic heterocycles. The molecule has 0 spiro atoms. The summed E-state index contributed by atoms with van der Waals surface area (Å²) in [5.41, 5.74) is 1.73. The van der Waals surface area contributed by atoms with Crippen LogP contribution in [0.2, 0.25) is 0 Å². The molecule has 4 atom stereocenters. The van der Waals surface area contributed by atoms with Gasteiger partial charge in [-0.1, -0.05) is 57.4 Å². The van der Waals surface area contributed by atoms with Crippen LogP contribution >= 0.6 is 0 Å². The zero-order valence-corrected chi connectivity index (χ0v) is 18.4. The molecule has 0 aliphatic heterocycles. The highest BCUT2D eigenvalue weighted by molar-refractivity contribution is 5.88. The van der Waals surface area contributed by atoms with Gasteiger partial charge in [0.1, 0.15) is 11.6 Å². The van der Waals surface area contributed by atoms with Gasteiger partial charge in [0.15, 0.2) is 0 Å². The van der Waals surface area contributed by atoms with Gasteiger partial charge in [0.25, 0.3) is 0 Å². The van der Waals surface area contributed by atoms with Crippen molar-refractivity contribution in [1.82, 2.24) is 0 Å². The number of rotatable bonds is 8. The zero-order valence-electron chi connectivity index (χ0n) is 18.4. The predicted molar refractivity (Wildman–Crippen MR) is 116 cm³/mol. The van der Waals surface area contributed by atoms with E-state index in [0.717, 1.165) is 51.4 Å². The highest BCUT2D eigenvalue weighted by Gasteiger charge is 2.57. The van der Waals surface area contributed by atoms with Gasteiger partial charge in [0, 0.05) is 24.7 Å². The summed E-state index contributed by atoms with van der Waals surface area (Å²) < 4.78 is 0. The van der Waals surface area contributed by atoms with Gasteiger partial charge in [-0.15, -0.1) is 0 Å². The van der Waals surface area contributed by atoms with Crippen LogP contribution in [0.25, 0.3) is 0 Å². The van der Waals surface area contributed by atoms with Gasteiger partial charge >= 0.3 is 0 Å². The molecule has 4 rings (SSSR count). The number of aliphatic hydroxyl groups is 1. The lowest BCUT2D eigenvalue weighted by molar-refractivity contribution is -0.130. The molecule has 4 aliphatic rings. The molecule has 1 N–H and O–H groups in total. The second-order valence-electron chi connectivity index (χ2n) is 10.5. The average molecular weight is 401 g/mol. The number of hydrogen-bond acceptors (Lipinski definition) is 3. The second kappa shape index (κ2) is 8.65. The lowest BCUT2D eigenvalue weighted by Crippen LogP contribution is -2.48. The molecule has 3 fully saturated rings. The van der Waals surface area contributed by atoms with Gasteiger partial charge in [-0.25, -0.2) is 0 Å². The summed E-state index contributed by atoms with van der Waals surface area (Å²) in [5.74, 6) is 1.74. The number of Topliss-reactive ketones (excluding diaryl/α,β-unsaturated/α-hetero) is 2. The average Bonchev–Trinajstić information content (AvgIpc) is 3.03. The van der Waals surface area contributed by atoms with E-state index in [1.54, 1.807) is 0 Å². The highest BCUT2D eigenvalue weighted by Crippen LogP contribution is 2.61. The fraction of sp³-hybridized carbons (Fsp3) is 0.846. The van der Waals surface area contributed by atoms with Crippen molar-refractivity contribution in [2.24, 2.45) is 17.3 Å². The number of ketones is 2. The topological polar surface area (TPSA) is 54.4 Å². The van der Waals surface area contributed by atoms with Gasteiger partial charge < -0.3 is 5.11 Å². The van der Waals surface area contributed by atoms with Gasteiger partial charge in [-0.05, 0) is 62.4 Å². The Bertz CT molecular complexity index is 677. The number of carbonyl (C=O) groups excluding carboxylic acids is 2. The van der Waals surface area contributed by atoms with E-state index < -0.39 is 5.60 Å². The minimum Gasteiger partial charge on any atom is -0.385 e. The number of hydrogen-bond donors (Lipinski definition) is 1. The summed E-state index contributed by atoms with van der Waals surface area (Å²) in [6.07, 6.45) is 17.4. The Morgan fingerprint density at radius 1 is 0.897 bits per heavy atom. The predicted octanol–water partition coefficient (Wildman–Crippen LogP) is 6.08. The third-order valence-corrected chi connectivity index (χ3v) is 8.91. The van der Waals surface area contributed by atoms with Gasteiger partial charge in [-0.3, -0.25) is 9.59 Å². The molecule has 0 saturated heterocycles. The first-order valence-corrected chi connectivity index (χ1v) is 12.5. The largest absolute Gasteiger partial charge is 0.385 e. The van der Waals surface area contributed by atoms with Gasteiger partial charge in [0.05, 0.1) is 5.60 Å². The van der Waals surface area contributed by atoms with Crippen LogP contribution in [0.5, 0.6) is 0 Å². The van der Waals surface area contributed by atoms with Crippen molar-refractivity contribution in [3.63, 3.8) is 0 Å². The molecule has 29 heavy (non-hydrogen) atoms. The van der Waals surface area contributed by atoms with E-state index in [-0.39, 0.29) is 11.2 Å². The molecule has 0 bridgehead atoms.